The maximum absolute atomic E-state index is 12.7. The Balaban J connectivity index is 2.06. The van der Waals surface area contributed by atoms with Gasteiger partial charge in [-0.15, -0.1) is 0 Å². The summed E-state index contributed by atoms with van der Waals surface area (Å²) in [5.41, 5.74) is 0.854. The fourth-order valence-electron chi connectivity index (χ4n) is 3.02. The van der Waals surface area contributed by atoms with Crippen molar-refractivity contribution in [2.45, 2.75) is 24.7 Å². The van der Waals surface area contributed by atoms with Gasteiger partial charge in [0.05, 0.1) is 17.4 Å². The number of amides is 2. The van der Waals surface area contributed by atoms with Crippen molar-refractivity contribution in [3.8, 4) is 0 Å². The lowest BCUT2D eigenvalue weighted by molar-refractivity contribution is -0.145. The summed E-state index contributed by atoms with van der Waals surface area (Å²) >= 11 is 0. The van der Waals surface area contributed by atoms with Crippen LogP contribution in [0.15, 0.2) is 23.1 Å². The van der Waals surface area contributed by atoms with Crippen LogP contribution in [0.1, 0.15) is 28.8 Å². The van der Waals surface area contributed by atoms with Crippen LogP contribution >= 0.6 is 0 Å². The van der Waals surface area contributed by atoms with Gasteiger partial charge in [-0.25, -0.2) is 8.42 Å². The zero-order valence-corrected chi connectivity index (χ0v) is 16.5. The number of likely N-dealkylation sites (tertiary alicyclic amines) is 1. The standard InChI is InChI=1S/C18H24N2O6S/c1-12-4-5-14(27(3,25)26)10-15(12)17(22)19(2)11-16(21)20-8-6-13(7-9-20)18(23)24/h4-5,10,13H,6-9,11H2,1-3H3,(H,23,24). The molecular formula is C18H24N2O6S. The lowest BCUT2D eigenvalue weighted by Crippen LogP contribution is -2.45. The average molecular weight is 396 g/mol. The molecule has 0 atom stereocenters. The number of hydrogen-bond acceptors (Lipinski definition) is 5. The fraction of sp³-hybridized carbons (Fsp3) is 0.500. The van der Waals surface area contributed by atoms with E-state index in [9.17, 15) is 22.8 Å². The van der Waals surface area contributed by atoms with Crippen LogP contribution in [-0.2, 0) is 19.4 Å². The minimum absolute atomic E-state index is 0.0481. The molecule has 9 heteroatoms. The number of aliphatic carboxylic acids is 1. The molecule has 0 bridgehead atoms. The maximum Gasteiger partial charge on any atom is 0.306 e. The van der Waals surface area contributed by atoms with E-state index in [1.165, 1.54) is 24.1 Å². The van der Waals surface area contributed by atoms with Gasteiger partial charge in [-0.2, -0.15) is 0 Å². The first-order valence-electron chi connectivity index (χ1n) is 8.57. The zero-order valence-electron chi connectivity index (χ0n) is 15.6. The molecule has 1 heterocycles. The molecule has 0 radical (unpaired) electrons. The summed E-state index contributed by atoms with van der Waals surface area (Å²) in [6.07, 6.45) is 1.86. The smallest absolute Gasteiger partial charge is 0.306 e. The monoisotopic (exact) mass is 396 g/mol. The van der Waals surface area contributed by atoms with E-state index >= 15 is 0 Å². The lowest BCUT2D eigenvalue weighted by Gasteiger charge is -2.31. The van der Waals surface area contributed by atoms with Gasteiger partial charge in [-0.05, 0) is 37.5 Å². The van der Waals surface area contributed by atoms with E-state index in [0.29, 0.717) is 31.5 Å². The second-order valence-corrected chi connectivity index (χ2v) is 8.92. The number of sulfone groups is 1. The number of carbonyl (C=O) groups is 3. The van der Waals surface area contributed by atoms with Crippen molar-refractivity contribution in [3.05, 3.63) is 29.3 Å². The number of carbonyl (C=O) groups excluding carboxylic acids is 2. The molecule has 1 aliphatic heterocycles. The molecule has 148 valence electrons. The zero-order chi connectivity index (χ0) is 20.4. The number of carboxylic acid groups (broad SMARTS) is 1. The fourth-order valence-corrected chi connectivity index (χ4v) is 3.67. The quantitative estimate of drug-likeness (QED) is 0.788. The van der Waals surface area contributed by atoms with Crippen molar-refractivity contribution < 1.29 is 27.9 Å². The van der Waals surface area contributed by atoms with Crippen LogP contribution in [0, 0.1) is 12.8 Å². The third-order valence-electron chi connectivity index (χ3n) is 4.78. The van der Waals surface area contributed by atoms with E-state index in [-0.39, 0.29) is 22.9 Å². The molecule has 1 saturated heterocycles. The summed E-state index contributed by atoms with van der Waals surface area (Å²) in [6.45, 7) is 2.24. The highest BCUT2D eigenvalue weighted by atomic mass is 32.2. The molecule has 0 unspecified atom stereocenters. The summed E-state index contributed by atoms with van der Waals surface area (Å²) in [5, 5.41) is 9.01. The molecule has 0 aliphatic carbocycles. The van der Waals surface area contributed by atoms with E-state index in [1.807, 2.05) is 0 Å². The van der Waals surface area contributed by atoms with Crippen LogP contribution in [0.25, 0.3) is 0 Å². The van der Waals surface area contributed by atoms with Gasteiger partial charge < -0.3 is 14.9 Å². The summed E-state index contributed by atoms with van der Waals surface area (Å²) in [7, 11) is -1.96. The molecule has 1 fully saturated rings. The van der Waals surface area contributed by atoms with Gasteiger partial charge in [0.2, 0.25) is 5.91 Å². The summed E-state index contributed by atoms with van der Waals surface area (Å²) in [5.74, 6) is -1.98. The first-order chi connectivity index (χ1) is 12.5. The highest BCUT2D eigenvalue weighted by Crippen LogP contribution is 2.19. The highest BCUT2D eigenvalue weighted by molar-refractivity contribution is 7.90. The van der Waals surface area contributed by atoms with E-state index < -0.39 is 27.6 Å². The Labute approximate surface area is 158 Å². The molecule has 0 aromatic heterocycles. The van der Waals surface area contributed by atoms with Crippen LogP contribution in [-0.4, -0.2) is 74.0 Å². The van der Waals surface area contributed by atoms with Crippen molar-refractivity contribution in [1.29, 1.82) is 0 Å². The molecule has 1 aromatic carbocycles. The van der Waals surface area contributed by atoms with Gasteiger partial charge in [0.15, 0.2) is 9.84 Å². The van der Waals surface area contributed by atoms with Crippen LogP contribution in [0.4, 0.5) is 0 Å². The summed E-state index contributed by atoms with van der Waals surface area (Å²) in [4.78, 5) is 38.9. The first kappa shape index (κ1) is 20.9. The molecule has 27 heavy (non-hydrogen) atoms. The van der Waals surface area contributed by atoms with Gasteiger partial charge in [0.1, 0.15) is 0 Å². The van der Waals surface area contributed by atoms with Gasteiger partial charge in [0, 0.05) is 32.0 Å². The SMILES string of the molecule is Cc1ccc(S(C)(=O)=O)cc1C(=O)N(C)CC(=O)N1CCC(C(=O)O)CC1. The van der Waals surface area contributed by atoms with Gasteiger partial charge in [-0.1, -0.05) is 6.07 Å². The van der Waals surface area contributed by atoms with E-state index in [4.69, 9.17) is 5.11 Å². The van der Waals surface area contributed by atoms with Crippen LogP contribution < -0.4 is 0 Å². The lowest BCUT2D eigenvalue weighted by atomic mass is 9.97. The number of hydrogen-bond donors (Lipinski definition) is 1. The van der Waals surface area contributed by atoms with Gasteiger partial charge in [0.25, 0.3) is 5.91 Å². The molecule has 1 N–H and O–H groups in total. The van der Waals surface area contributed by atoms with Crippen LogP contribution in [0.5, 0.6) is 0 Å². The molecule has 1 aromatic rings. The molecule has 0 saturated carbocycles. The Morgan fingerprint density at radius 1 is 1.22 bits per heavy atom. The molecule has 2 amide bonds. The Kier molecular flexibility index (Phi) is 6.25. The predicted octanol–water partition coefficient (Wildman–Crippen LogP) is 0.794. The minimum atomic E-state index is -3.45. The summed E-state index contributed by atoms with van der Waals surface area (Å²) in [6, 6.07) is 4.33. The largest absolute Gasteiger partial charge is 0.481 e. The van der Waals surface area contributed by atoms with E-state index in [0.717, 1.165) is 6.26 Å². The number of likely N-dealkylation sites (N-methyl/N-ethyl adjacent to an activating group) is 1. The number of nitrogens with zero attached hydrogens (tertiary/aromatic N) is 2. The van der Waals surface area contributed by atoms with Crippen molar-refractivity contribution in [3.63, 3.8) is 0 Å². The molecule has 1 aliphatic rings. The Morgan fingerprint density at radius 3 is 2.33 bits per heavy atom. The predicted molar refractivity (Wildman–Crippen MR) is 98.2 cm³/mol. The minimum Gasteiger partial charge on any atom is -0.481 e. The number of piperidine rings is 1. The second kappa shape index (κ2) is 8.08. The molecular weight excluding hydrogens is 372 g/mol. The molecule has 8 nitrogen and oxygen atoms in total. The van der Waals surface area contributed by atoms with Gasteiger partial charge in [-0.3, -0.25) is 14.4 Å². The normalized spacial score (nSPS) is 15.4. The number of carboxylic acids is 1. The topological polar surface area (TPSA) is 112 Å². The van der Waals surface area contributed by atoms with Crippen molar-refractivity contribution in [2.75, 3.05) is 32.9 Å². The Morgan fingerprint density at radius 2 is 1.81 bits per heavy atom. The van der Waals surface area contributed by atoms with E-state index in [2.05, 4.69) is 0 Å². The summed E-state index contributed by atoms with van der Waals surface area (Å²) < 4.78 is 23.4. The molecule has 2 rings (SSSR count). The average Bonchev–Trinajstić information content (AvgIpc) is 2.60. The number of benzene rings is 1. The number of rotatable bonds is 5. The third-order valence-corrected chi connectivity index (χ3v) is 5.89. The maximum atomic E-state index is 12.7. The van der Waals surface area contributed by atoms with Crippen molar-refractivity contribution >= 4 is 27.6 Å². The van der Waals surface area contributed by atoms with Crippen LogP contribution in [0.3, 0.4) is 0 Å². The second-order valence-electron chi connectivity index (χ2n) is 6.90. The van der Waals surface area contributed by atoms with Crippen molar-refractivity contribution in [2.24, 2.45) is 5.92 Å². The van der Waals surface area contributed by atoms with Crippen LogP contribution in [0.2, 0.25) is 0 Å². The third kappa shape index (κ3) is 5.06. The van der Waals surface area contributed by atoms with E-state index in [1.54, 1.807) is 17.9 Å². The Hall–Kier alpha value is -2.42. The highest BCUT2D eigenvalue weighted by Gasteiger charge is 2.28. The first-order valence-corrected chi connectivity index (χ1v) is 10.5. The number of aryl methyl sites for hydroxylation is 1. The van der Waals surface area contributed by atoms with Crippen molar-refractivity contribution in [1.82, 2.24) is 9.80 Å². The molecule has 0 spiro atoms. The Bertz CT molecular complexity index is 857. The van der Waals surface area contributed by atoms with Gasteiger partial charge >= 0.3 is 5.97 Å².